The summed E-state index contributed by atoms with van der Waals surface area (Å²) < 4.78 is 29.0. The van der Waals surface area contributed by atoms with E-state index in [1.165, 1.54) is 0 Å². The number of ether oxygens (including phenoxy) is 1. The van der Waals surface area contributed by atoms with Gasteiger partial charge >= 0.3 is 0 Å². The van der Waals surface area contributed by atoms with Crippen molar-refractivity contribution in [3.63, 3.8) is 0 Å². The summed E-state index contributed by atoms with van der Waals surface area (Å²) in [6.45, 7) is 4.79. The Bertz CT molecular complexity index is 452. The van der Waals surface area contributed by atoms with Gasteiger partial charge in [0.2, 0.25) is 0 Å². The number of hydrogen-bond acceptors (Lipinski definition) is 4. The Morgan fingerprint density at radius 3 is 2.33 bits per heavy atom. The molecule has 0 amide bonds. The molecular weight excluding hydrogens is 250 g/mol. The molecule has 0 aliphatic carbocycles. The van der Waals surface area contributed by atoms with Crippen molar-refractivity contribution in [2.75, 3.05) is 19.4 Å². The van der Waals surface area contributed by atoms with E-state index in [0.717, 1.165) is 0 Å². The second kappa shape index (κ2) is 6.75. The Morgan fingerprint density at radius 2 is 1.83 bits per heavy atom. The molecule has 0 unspecified atom stereocenters. The first kappa shape index (κ1) is 15.0. The number of nitrogens with one attached hydrogen (secondary N) is 1. The fourth-order valence-electron chi connectivity index (χ4n) is 1.55. The van der Waals surface area contributed by atoms with E-state index < -0.39 is 9.84 Å². The molecule has 0 aliphatic heterocycles. The minimum atomic E-state index is -3.18. The van der Waals surface area contributed by atoms with E-state index in [9.17, 15) is 8.42 Å². The Morgan fingerprint density at radius 1 is 1.22 bits per heavy atom. The minimum absolute atomic E-state index is 0.166. The maximum absolute atomic E-state index is 12.0. The molecule has 1 aromatic carbocycles. The Hall–Kier alpha value is -1.07. The zero-order valence-corrected chi connectivity index (χ0v) is 12.0. The van der Waals surface area contributed by atoms with Gasteiger partial charge in [-0.2, -0.15) is 0 Å². The molecule has 0 saturated heterocycles. The average Bonchev–Trinajstić information content (AvgIpc) is 2.34. The Balaban J connectivity index is 2.57. The molecule has 4 nitrogen and oxygen atoms in total. The van der Waals surface area contributed by atoms with Crippen molar-refractivity contribution in [2.24, 2.45) is 0 Å². The average molecular weight is 271 g/mol. The van der Waals surface area contributed by atoms with Gasteiger partial charge in [0.25, 0.3) is 0 Å². The lowest BCUT2D eigenvalue weighted by Crippen LogP contribution is -2.25. The molecule has 0 saturated carbocycles. The van der Waals surface area contributed by atoms with Gasteiger partial charge in [0.05, 0.1) is 17.8 Å². The summed E-state index contributed by atoms with van der Waals surface area (Å²) in [6.07, 6.45) is 0.618. The summed E-state index contributed by atoms with van der Waals surface area (Å²) in [4.78, 5) is 0.354. The van der Waals surface area contributed by atoms with Crippen molar-refractivity contribution in [3.05, 3.63) is 24.3 Å². The molecule has 0 fully saturated rings. The fraction of sp³-hybridized carbons (Fsp3) is 0.538. The van der Waals surface area contributed by atoms with Gasteiger partial charge in [0.1, 0.15) is 5.75 Å². The predicted octanol–water partition coefficient (Wildman–Crippen LogP) is 1.86. The van der Waals surface area contributed by atoms with Crippen LogP contribution >= 0.6 is 0 Å². The van der Waals surface area contributed by atoms with E-state index in [0.29, 0.717) is 29.7 Å². The smallest absolute Gasteiger partial charge is 0.178 e. The number of methoxy groups -OCH3 is 1. The third-order valence-electron chi connectivity index (χ3n) is 2.56. The largest absolute Gasteiger partial charge is 0.497 e. The topological polar surface area (TPSA) is 55.4 Å². The molecule has 0 atom stereocenters. The van der Waals surface area contributed by atoms with Gasteiger partial charge in [-0.25, -0.2) is 8.42 Å². The molecule has 102 valence electrons. The van der Waals surface area contributed by atoms with Crippen LogP contribution < -0.4 is 10.1 Å². The van der Waals surface area contributed by atoms with Gasteiger partial charge in [-0.15, -0.1) is 0 Å². The first-order valence-corrected chi connectivity index (χ1v) is 7.71. The number of hydrogen-bond donors (Lipinski definition) is 1. The van der Waals surface area contributed by atoms with Gasteiger partial charge in [0, 0.05) is 6.04 Å². The summed E-state index contributed by atoms with van der Waals surface area (Å²) in [7, 11) is -1.62. The van der Waals surface area contributed by atoms with Crippen molar-refractivity contribution in [1.82, 2.24) is 5.32 Å². The minimum Gasteiger partial charge on any atom is -0.497 e. The Labute approximate surface area is 109 Å². The third kappa shape index (κ3) is 4.66. The highest BCUT2D eigenvalue weighted by Crippen LogP contribution is 2.17. The van der Waals surface area contributed by atoms with Crippen molar-refractivity contribution in [2.45, 2.75) is 31.2 Å². The van der Waals surface area contributed by atoms with Crippen LogP contribution in [0.5, 0.6) is 5.75 Å². The van der Waals surface area contributed by atoms with Crippen LogP contribution in [0.4, 0.5) is 0 Å². The van der Waals surface area contributed by atoms with Crippen LogP contribution in [0, 0.1) is 0 Å². The highest BCUT2D eigenvalue weighted by Gasteiger charge is 2.13. The highest BCUT2D eigenvalue weighted by atomic mass is 32.2. The molecular formula is C13H21NO3S. The maximum Gasteiger partial charge on any atom is 0.178 e. The summed E-state index contributed by atoms with van der Waals surface area (Å²) in [5, 5.41) is 3.20. The van der Waals surface area contributed by atoms with Crippen LogP contribution in [0.2, 0.25) is 0 Å². The van der Waals surface area contributed by atoms with Crippen LogP contribution in [-0.4, -0.2) is 33.9 Å². The van der Waals surface area contributed by atoms with E-state index in [-0.39, 0.29) is 5.75 Å². The molecule has 0 heterocycles. The monoisotopic (exact) mass is 271 g/mol. The van der Waals surface area contributed by atoms with Gasteiger partial charge in [-0.3, -0.25) is 0 Å². The van der Waals surface area contributed by atoms with Gasteiger partial charge in [0.15, 0.2) is 9.84 Å². The van der Waals surface area contributed by atoms with Crippen LogP contribution in [0.15, 0.2) is 29.2 Å². The molecule has 0 spiro atoms. The van der Waals surface area contributed by atoms with Crippen LogP contribution in [0.3, 0.4) is 0 Å². The summed E-state index contributed by atoms with van der Waals surface area (Å²) in [6, 6.07) is 6.89. The second-order valence-electron chi connectivity index (χ2n) is 4.46. The van der Waals surface area contributed by atoms with E-state index in [1.54, 1.807) is 31.4 Å². The Kier molecular flexibility index (Phi) is 5.62. The molecule has 1 aromatic rings. The first-order chi connectivity index (χ1) is 8.45. The van der Waals surface area contributed by atoms with Crippen LogP contribution in [0.1, 0.15) is 20.3 Å². The predicted molar refractivity (Wildman–Crippen MR) is 72.8 cm³/mol. The number of sulfone groups is 1. The third-order valence-corrected chi connectivity index (χ3v) is 4.38. The quantitative estimate of drug-likeness (QED) is 0.769. The lowest BCUT2D eigenvalue weighted by Gasteiger charge is -2.08. The van der Waals surface area contributed by atoms with E-state index >= 15 is 0 Å². The van der Waals surface area contributed by atoms with E-state index in [4.69, 9.17) is 4.74 Å². The van der Waals surface area contributed by atoms with E-state index in [1.807, 2.05) is 13.8 Å². The zero-order chi connectivity index (χ0) is 13.6. The normalized spacial score (nSPS) is 11.8. The number of rotatable bonds is 7. The fourth-order valence-corrected chi connectivity index (χ4v) is 2.86. The van der Waals surface area contributed by atoms with Crippen molar-refractivity contribution in [3.8, 4) is 5.75 Å². The number of benzene rings is 1. The molecule has 5 heteroatoms. The van der Waals surface area contributed by atoms with Crippen LogP contribution in [0.25, 0.3) is 0 Å². The maximum atomic E-state index is 12.0. The highest BCUT2D eigenvalue weighted by molar-refractivity contribution is 7.91. The zero-order valence-electron chi connectivity index (χ0n) is 11.1. The van der Waals surface area contributed by atoms with Crippen LogP contribution in [-0.2, 0) is 9.84 Å². The lowest BCUT2D eigenvalue weighted by atomic mass is 10.3. The summed E-state index contributed by atoms with van der Waals surface area (Å²) >= 11 is 0. The first-order valence-electron chi connectivity index (χ1n) is 6.06. The summed E-state index contributed by atoms with van der Waals surface area (Å²) in [5.74, 6) is 0.828. The van der Waals surface area contributed by atoms with Gasteiger partial charge in [-0.05, 0) is 37.2 Å². The van der Waals surface area contributed by atoms with Gasteiger partial charge in [-0.1, -0.05) is 13.8 Å². The van der Waals surface area contributed by atoms with Crippen molar-refractivity contribution >= 4 is 9.84 Å². The second-order valence-corrected chi connectivity index (χ2v) is 6.57. The standard InChI is InChI=1S/C13H21NO3S/c1-11(2)14-9-4-10-18(15,16)13-7-5-12(17-3)6-8-13/h5-8,11,14H,4,9-10H2,1-3H3. The molecule has 1 rings (SSSR count). The van der Waals surface area contributed by atoms with Gasteiger partial charge < -0.3 is 10.1 Å². The van der Waals surface area contributed by atoms with E-state index in [2.05, 4.69) is 5.32 Å². The molecule has 1 N–H and O–H groups in total. The molecule has 0 aliphatic rings. The van der Waals surface area contributed by atoms with Crippen molar-refractivity contribution in [1.29, 1.82) is 0 Å². The van der Waals surface area contributed by atoms with Crippen molar-refractivity contribution < 1.29 is 13.2 Å². The molecule has 18 heavy (non-hydrogen) atoms. The molecule has 0 bridgehead atoms. The lowest BCUT2D eigenvalue weighted by molar-refractivity contribution is 0.414. The molecule has 0 radical (unpaired) electrons. The summed E-state index contributed by atoms with van der Waals surface area (Å²) in [5.41, 5.74) is 0. The molecule has 0 aromatic heterocycles. The SMILES string of the molecule is COc1ccc(S(=O)(=O)CCCNC(C)C)cc1.